The SMILES string of the molecule is C=CC(N)=O.N#Cc1cccnc1. The van der Waals surface area contributed by atoms with Crippen molar-refractivity contribution in [3.05, 3.63) is 42.7 Å². The monoisotopic (exact) mass is 175 g/mol. The fourth-order valence-electron chi connectivity index (χ4n) is 0.429. The second-order valence-corrected chi connectivity index (χ2v) is 1.96. The summed E-state index contributed by atoms with van der Waals surface area (Å²) in [6, 6.07) is 5.41. The van der Waals surface area contributed by atoms with Gasteiger partial charge in [-0.25, -0.2) is 0 Å². The Balaban J connectivity index is 0.000000252. The van der Waals surface area contributed by atoms with Crippen LogP contribution in [0, 0.1) is 11.3 Å². The van der Waals surface area contributed by atoms with Crippen LogP contribution in [0.1, 0.15) is 5.56 Å². The van der Waals surface area contributed by atoms with E-state index in [1.54, 1.807) is 18.3 Å². The standard InChI is InChI=1S/C6H4N2.C3H5NO/c7-4-6-2-1-3-8-5-6;1-2-3(4)5/h1-3,5H;2H,1H2,(H2,4,5). The van der Waals surface area contributed by atoms with Gasteiger partial charge in [0, 0.05) is 12.4 Å². The van der Waals surface area contributed by atoms with Gasteiger partial charge in [-0.1, -0.05) is 6.58 Å². The summed E-state index contributed by atoms with van der Waals surface area (Å²) in [5, 5.41) is 8.25. The van der Waals surface area contributed by atoms with E-state index in [0.717, 1.165) is 6.08 Å². The van der Waals surface area contributed by atoms with E-state index in [1.807, 2.05) is 6.07 Å². The molecule has 0 aliphatic rings. The lowest BCUT2D eigenvalue weighted by molar-refractivity contribution is -0.113. The van der Waals surface area contributed by atoms with E-state index >= 15 is 0 Å². The maximum Gasteiger partial charge on any atom is 0.240 e. The molecule has 1 heterocycles. The van der Waals surface area contributed by atoms with Crippen molar-refractivity contribution in [2.45, 2.75) is 0 Å². The topological polar surface area (TPSA) is 79.8 Å². The summed E-state index contributed by atoms with van der Waals surface area (Å²) < 4.78 is 0. The van der Waals surface area contributed by atoms with Crippen molar-refractivity contribution in [1.82, 2.24) is 4.98 Å². The van der Waals surface area contributed by atoms with Crippen molar-refractivity contribution in [1.29, 1.82) is 5.26 Å². The summed E-state index contributed by atoms with van der Waals surface area (Å²) >= 11 is 0. The van der Waals surface area contributed by atoms with Gasteiger partial charge >= 0.3 is 0 Å². The highest BCUT2D eigenvalue weighted by molar-refractivity contribution is 5.84. The van der Waals surface area contributed by atoms with Gasteiger partial charge in [0.25, 0.3) is 0 Å². The third kappa shape index (κ3) is 6.26. The molecule has 1 amide bonds. The Bertz CT molecular complexity index is 313. The number of pyridine rings is 1. The molecule has 0 saturated carbocycles. The number of rotatable bonds is 1. The Kier molecular flexibility index (Phi) is 5.47. The van der Waals surface area contributed by atoms with Gasteiger partial charge in [0.1, 0.15) is 6.07 Å². The quantitative estimate of drug-likeness (QED) is 0.635. The lowest BCUT2D eigenvalue weighted by atomic mass is 10.3. The van der Waals surface area contributed by atoms with Crippen molar-refractivity contribution in [2.24, 2.45) is 5.73 Å². The predicted octanol–water partition coefficient (Wildman–Crippen LogP) is 0.611. The molecule has 0 aromatic carbocycles. The molecule has 1 rings (SSSR count). The number of hydrogen-bond acceptors (Lipinski definition) is 3. The first-order valence-electron chi connectivity index (χ1n) is 3.42. The normalized spacial score (nSPS) is 7.31. The smallest absolute Gasteiger partial charge is 0.240 e. The van der Waals surface area contributed by atoms with Gasteiger partial charge in [0.15, 0.2) is 0 Å². The summed E-state index contributed by atoms with van der Waals surface area (Å²) in [6.07, 6.45) is 4.22. The molecule has 13 heavy (non-hydrogen) atoms. The summed E-state index contributed by atoms with van der Waals surface area (Å²) in [4.78, 5) is 13.2. The van der Waals surface area contributed by atoms with Gasteiger partial charge < -0.3 is 5.73 Å². The van der Waals surface area contributed by atoms with Crippen molar-refractivity contribution in [3.63, 3.8) is 0 Å². The zero-order valence-electron chi connectivity index (χ0n) is 6.97. The molecule has 0 saturated heterocycles. The van der Waals surface area contributed by atoms with Crippen LogP contribution in [0.5, 0.6) is 0 Å². The van der Waals surface area contributed by atoms with Crippen molar-refractivity contribution in [3.8, 4) is 6.07 Å². The number of nitriles is 1. The first kappa shape index (κ1) is 10.8. The molecule has 0 atom stereocenters. The van der Waals surface area contributed by atoms with Crippen LogP contribution in [-0.2, 0) is 4.79 Å². The Morgan fingerprint density at radius 1 is 1.77 bits per heavy atom. The van der Waals surface area contributed by atoms with E-state index in [0.29, 0.717) is 5.56 Å². The molecule has 2 N–H and O–H groups in total. The minimum Gasteiger partial charge on any atom is -0.366 e. The van der Waals surface area contributed by atoms with Crippen molar-refractivity contribution in [2.75, 3.05) is 0 Å². The summed E-state index contributed by atoms with van der Waals surface area (Å²) in [6.45, 7) is 3.09. The highest BCUT2D eigenvalue weighted by Gasteiger charge is 1.80. The van der Waals surface area contributed by atoms with Gasteiger partial charge in [-0.2, -0.15) is 5.26 Å². The summed E-state index contributed by atoms with van der Waals surface area (Å²) in [5.74, 6) is -0.481. The molecule has 0 aliphatic heterocycles. The lowest BCUT2D eigenvalue weighted by Gasteiger charge is -1.79. The molecular formula is C9H9N3O. The summed E-state index contributed by atoms with van der Waals surface area (Å²) in [5.41, 5.74) is 5.14. The molecule has 0 spiro atoms. The third-order valence-electron chi connectivity index (χ3n) is 0.992. The molecule has 0 unspecified atom stereocenters. The molecular weight excluding hydrogens is 166 g/mol. The third-order valence-corrected chi connectivity index (χ3v) is 0.992. The zero-order valence-corrected chi connectivity index (χ0v) is 6.97. The van der Waals surface area contributed by atoms with Crippen LogP contribution < -0.4 is 5.73 Å². The molecule has 0 aliphatic carbocycles. The summed E-state index contributed by atoms with van der Waals surface area (Å²) in [7, 11) is 0. The average molecular weight is 175 g/mol. The first-order valence-corrected chi connectivity index (χ1v) is 3.42. The number of nitrogens with zero attached hydrogens (tertiary/aromatic N) is 2. The zero-order chi connectivity index (χ0) is 10.1. The number of nitrogens with two attached hydrogens (primary N) is 1. The van der Waals surface area contributed by atoms with Gasteiger partial charge in [-0.15, -0.1) is 0 Å². The molecule has 1 aromatic rings. The largest absolute Gasteiger partial charge is 0.366 e. The van der Waals surface area contributed by atoms with E-state index < -0.39 is 5.91 Å². The fraction of sp³-hybridized carbons (Fsp3) is 0. The first-order chi connectivity index (χ1) is 6.20. The number of carbonyl (C=O) groups excluding carboxylic acids is 1. The number of hydrogen-bond donors (Lipinski definition) is 1. The van der Waals surface area contributed by atoms with E-state index in [-0.39, 0.29) is 0 Å². The molecule has 4 heteroatoms. The van der Waals surface area contributed by atoms with Crippen LogP contribution in [0.2, 0.25) is 0 Å². The Morgan fingerprint density at radius 3 is 2.62 bits per heavy atom. The maximum absolute atomic E-state index is 9.47. The van der Waals surface area contributed by atoms with Gasteiger partial charge in [-0.05, 0) is 18.2 Å². The van der Waals surface area contributed by atoms with E-state index in [4.69, 9.17) is 5.26 Å². The number of aromatic nitrogens is 1. The maximum atomic E-state index is 9.47. The van der Waals surface area contributed by atoms with E-state index in [2.05, 4.69) is 17.3 Å². The highest BCUT2D eigenvalue weighted by Crippen LogP contribution is 1.89. The van der Waals surface area contributed by atoms with Crippen LogP contribution in [-0.4, -0.2) is 10.9 Å². The molecule has 0 radical (unpaired) electrons. The number of carbonyl (C=O) groups is 1. The van der Waals surface area contributed by atoms with Crippen LogP contribution in [0.15, 0.2) is 37.2 Å². The van der Waals surface area contributed by atoms with Crippen LogP contribution in [0.25, 0.3) is 0 Å². The second kappa shape index (κ2) is 6.55. The van der Waals surface area contributed by atoms with Gasteiger partial charge in [-0.3, -0.25) is 9.78 Å². The fourth-order valence-corrected chi connectivity index (χ4v) is 0.429. The Morgan fingerprint density at radius 2 is 2.38 bits per heavy atom. The van der Waals surface area contributed by atoms with Crippen LogP contribution in [0.4, 0.5) is 0 Å². The Labute approximate surface area is 76.3 Å². The second-order valence-electron chi connectivity index (χ2n) is 1.96. The van der Waals surface area contributed by atoms with Crippen LogP contribution in [0.3, 0.4) is 0 Å². The van der Waals surface area contributed by atoms with Crippen molar-refractivity contribution >= 4 is 5.91 Å². The lowest BCUT2D eigenvalue weighted by Crippen LogP contribution is -2.04. The van der Waals surface area contributed by atoms with E-state index in [1.165, 1.54) is 6.20 Å². The van der Waals surface area contributed by atoms with Crippen LogP contribution >= 0.6 is 0 Å². The van der Waals surface area contributed by atoms with Gasteiger partial charge in [0.05, 0.1) is 5.56 Å². The number of primary amides is 1. The number of amides is 1. The Hall–Kier alpha value is -2.15. The van der Waals surface area contributed by atoms with E-state index in [9.17, 15) is 4.79 Å². The molecule has 66 valence electrons. The highest BCUT2D eigenvalue weighted by atomic mass is 16.1. The molecule has 1 aromatic heterocycles. The van der Waals surface area contributed by atoms with Gasteiger partial charge in [0.2, 0.25) is 5.91 Å². The minimum absolute atomic E-state index is 0.481. The average Bonchev–Trinajstić information content (AvgIpc) is 2.20. The molecule has 4 nitrogen and oxygen atoms in total. The molecule has 0 bridgehead atoms. The molecule has 0 fully saturated rings. The van der Waals surface area contributed by atoms with Crippen molar-refractivity contribution < 1.29 is 4.79 Å². The minimum atomic E-state index is -0.481. The predicted molar refractivity (Wildman–Crippen MR) is 48.3 cm³/mol.